The number of alkyl halides is 34. The zero-order chi connectivity index (χ0) is 56.3. The Morgan fingerprint density at radius 2 is 0.638 bits per heavy atom. The molecule has 0 saturated heterocycles. The van der Waals surface area contributed by atoms with Gasteiger partial charge in [-0.05, 0) is 0 Å². The van der Waals surface area contributed by atoms with Crippen molar-refractivity contribution in [3.63, 3.8) is 0 Å². The molecule has 69 heavy (non-hydrogen) atoms. The Balaban J connectivity index is 6.46. The average Bonchev–Trinajstić information content (AvgIpc) is 3.11. The van der Waals surface area contributed by atoms with Crippen molar-refractivity contribution in [3.05, 3.63) is 0 Å². The SMILES string of the molecule is C[N+](C)(C)CCSC(CC(=O)OCCC(F)(F)C(F)(F)C(F)(F)C(F)(F)C(F)(F)C(F)(F)C(F)(F)C(F)(F)F)C(=O)OCCC(F)(F)C(F)(F)C(F)(F)C(F)(F)C(F)(F)C(F)(F)C(F)(F)C(F)(F)F. The Hall–Kier alpha value is -3.13. The van der Waals surface area contributed by atoms with Gasteiger partial charge in [0.05, 0.1) is 60.2 Å². The van der Waals surface area contributed by atoms with Gasteiger partial charge in [0.15, 0.2) is 0 Å². The number of carbonyl (C=O) groups excluding carboxylic acids is 2. The van der Waals surface area contributed by atoms with Crippen LogP contribution in [0.2, 0.25) is 0 Å². The number of halogens is 34. The summed E-state index contributed by atoms with van der Waals surface area (Å²) in [6, 6.07) is 0. The molecule has 1 unspecified atom stereocenters. The molecule has 0 aromatic rings. The Morgan fingerprint density at radius 3 is 0.899 bits per heavy atom. The molecule has 0 bridgehead atoms. The van der Waals surface area contributed by atoms with E-state index in [0.29, 0.717) is 0 Å². The largest absolute Gasteiger partial charge is 0.465 e. The van der Waals surface area contributed by atoms with Crippen LogP contribution in [0.15, 0.2) is 0 Å². The van der Waals surface area contributed by atoms with Gasteiger partial charge >= 0.3 is 107 Å². The van der Waals surface area contributed by atoms with Crippen molar-refractivity contribution < 1.29 is 173 Å². The molecule has 0 heterocycles. The molecule has 0 aliphatic rings. The smallest absolute Gasteiger partial charge is 0.460 e. The van der Waals surface area contributed by atoms with E-state index in [0.717, 1.165) is 0 Å². The van der Waals surface area contributed by atoms with Crippen LogP contribution in [-0.2, 0) is 19.1 Å². The number of rotatable bonds is 25. The molecule has 0 radical (unpaired) electrons. The molecule has 0 saturated carbocycles. The van der Waals surface area contributed by atoms with E-state index in [1.165, 1.54) is 21.1 Å². The van der Waals surface area contributed by atoms with Gasteiger partial charge < -0.3 is 14.0 Å². The van der Waals surface area contributed by atoms with Crippen molar-refractivity contribution >= 4 is 23.7 Å². The number of hydrogen-bond donors (Lipinski definition) is 0. The second-order valence-electron chi connectivity index (χ2n) is 14.8. The quantitative estimate of drug-likeness (QED) is 0.0518. The van der Waals surface area contributed by atoms with Crippen LogP contribution in [0, 0.1) is 0 Å². The normalized spacial score (nSPS) is 16.4. The summed E-state index contributed by atoms with van der Waals surface area (Å²) >= 11 is -0.0270. The van der Waals surface area contributed by atoms with Crippen molar-refractivity contribution in [2.45, 2.75) is 120 Å². The zero-order valence-electron chi connectivity index (χ0n) is 32.9. The molecule has 0 aliphatic carbocycles. The predicted octanol–water partition coefficient (Wildman–Crippen LogP) is 12.1. The third-order valence-electron chi connectivity index (χ3n) is 8.61. The van der Waals surface area contributed by atoms with Crippen LogP contribution in [0.3, 0.4) is 0 Å². The molecule has 40 heteroatoms. The number of nitrogens with zero attached hydrogens (tertiary/aromatic N) is 1. The van der Waals surface area contributed by atoms with Gasteiger partial charge in [-0.15, -0.1) is 11.8 Å². The fourth-order valence-electron chi connectivity index (χ4n) is 4.26. The molecule has 0 aliphatic heterocycles. The Labute approximate surface area is 363 Å². The highest BCUT2D eigenvalue weighted by Crippen LogP contribution is 2.66. The monoisotopic (exact) mass is 1130 g/mol. The number of ether oxygens (including phenoxy) is 2. The molecular formula is C29H24F34NO4S+. The van der Waals surface area contributed by atoms with Gasteiger partial charge in [0.2, 0.25) is 0 Å². The van der Waals surface area contributed by atoms with E-state index in [-0.39, 0.29) is 22.8 Å². The topological polar surface area (TPSA) is 52.6 Å². The Kier molecular flexibility index (Phi) is 18.2. The number of thioether (sulfide) groups is 1. The first-order valence-electron chi connectivity index (χ1n) is 16.8. The highest BCUT2D eigenvalue weighted by atomic mass is 32.2. The van der Waals surface area contributed by atoms with Crippen molar-refractivity contribution in [2.24, 2.45) is 0 Å². The summed E-state index contributed by atoms with van der Waals surface area (Å²) in [4.78, 5) is 24.7. The van der Waals surface area contributed by atoms with E-state index < -0.39 is 151 Å². The van der Waals surface area contributed by atoms with E-state index in [2.05, 4.69) is 9.47 Å². The van der Waals surface area contributed by atoms with Gasteiger partial charge in [0, 0.05) is 5.75 Å². The summed E-state index contributed by atoms with van der Waals surface area (Å²) in [5.41, 5.74) is 0. The molecule has 1 atom stereocenters. The van der Waals surface area contributed by atoms with Crippen LogP contribution in [0.4, 0.5) is 149 Å². The van der Waals surface area contributed by atoms with E-state index >= 15 is 0 Å². The number of quaternary nitrogens is 1. The first kappa shape index (κ1) is 65.9. The van der Waals surface area contributed by atoms with Gasteiger partial charge in [0.1, 0.15) is 5.25 Å². The molecule has 0 amide bonds. The van der Waals surface area contributed by atoms with Gasteiger partial charge in [0.25, 0.3) is 0 Å². The Morgan fingerprint density at radius 1 is 0.391 bits per heavy atom. The van der Waals surface area contributed by atoms with E-state index in [1.54, 1.807) is 0 Å². The van der Waals surface area contributed by atoms with Crippen molar-refractivity contribution in [3.8, 4) is 0 Å². The second kappa shape index (κ2) is 19.0. The predicted molar refractivity (Wildman–Crippen MR) is 156 cm³/mol. The van der Waals surface area contributed by atoms with Gasteiger partial charge in [-0.2, -0.15) is 149 Å². The van der Waals surface area contributed by atoms with Crippen molar-refractivity contribution in [2.75, 3.05) is 46.7 Å². The van der Waals surface area contributed by atoms with E-state index in [4.69, 9.17) is 0 Å². The average molecular weight is 1130 g/mol. The van der Waals surface area contributed by atoms with E-state index in [9.17, 15) is 159 Å². The highest BCUT2D eigenvalue weighted by molar-refractivity contribution is 8.00. The highest BCUT2D eigenvalue weighted by Gasteiger charge is 2.97. The van der Waals surface area contributed by atoms with Crippen LogP contribution >= 0.6 is 11.8 Å². The lowest BCUT2D eigenvalue weighted by atomic mass is 9.88. The molecule has 0 aromatic heterocycles. The maximum Gasteiger partial charge on any atom is 0.460 e. The first-order chi connectivity index (χ1) is 29.6. The van der Waals surface area contributed by atoms with Crippen LogP contribution in [-0.4, -0.2) is 164 Å². The van der Waals surface area contributed by atoms with E-state index in [1.807, 2.05) is 0 Å². The number of hydrogen-bond acceptors (Lipinski definition) is 5. The molecule has 0 fully saturated rings. The molecule has 412 valence electrons. The van der Waals surface area contributed by atoms with Crippen LogP contribution in [0.25, 0.3) is 0 Å². The maximum absolute atomic E-state index is 14.2. The third-order valence-corrected chi connectivity index (χ3v) is 9.79. The fraction of sp³-hybridized carbons (Fsp3) is 0.931. The van der Waals surface area contributed by atoms with Gasteiger partial charge in [-0.1, -0.05) is 0 Å². The summed E-state index contributed by atoms with van der Waals surface area (Å²) < 4.78 is 466. The first-order valence-corrected chi connectivity index (χ1v) is 17.8. The second-order valence-corrected chi connectivity index (χ2v) is 16.1. The lowest BCUT2D eigenvalue weighted by Gasteiger charge is -2.42. The summed E-state index contributed by atoms with van der Waals surface area (Å²) in [6.45, 7) is -5.48. The van der Waals surface area contributed by atoms with Crippen LogP contribution in [0.1, 0.15) is 19.3 Å². The van der Waals surface area contributed by atoms with Crippen molar-refractivity contribution in [1.29, 1.82) is 0 Å². The number of esters is 2. The zero-order valence-corrected chi connectivity index (χ0v) is 33.7. The molecule has 5 nitrogen and oxygen atoms in total. The Bertz CT molecular complexity index is 1780. The van der Waals surface area contributed by atoms with Crippen LogP contribution < -0.4 is 0 Å². The number of carbonyl (C=O) groups is 2. The summed E-state index contributed by atoms with van der Waals surface area (Å²) in [5, 5.41) is -2.52. The molecule has 0 rings (SSSR count). The lowest BCUT2D eigenvalue weighted by molar-refractivity contribution is -0.867. The summed E-state index contributed by atoms with van der Waals surface area (Å²) in [6.07, 6.45) is -24.8. The molecule has 0 N–H and O–H groups in total. The standard InChI is InChI=1S/C29H24F34NO4S/c1-64(2,3)6-9-69-11(13(66)68-8-5-15(32,33)17(36,37)19(40,41)21(44,45)23(48,49)25(52,53)27(56,57)29(61,62)63)10-12(65)67-7-4-14(30,31)16(34,35)18(38,39)20(42,43)22(46,47)24(50,51)26(54,55)28(58,59)60/h11H,4-10H2,1-3H3/q+1. The minimum absolute atomic E-state index is 0.0270. The van der Waals surface area contributed by atoms with Crippen LogP contribution in [0.5, 0.6) is 0 Å². The molecular weight excluding hydrogens is 1100 g/mol. The minimum atomic E-state index is -9.00. The summed E-state index contributed by atoms with van der Waals surface area (Å²) in [5.74, 6) is -124. The van der Waals surface area contributed by atoms with Crippen molar-refractivity contribution in [1.82, 2.24) is 0 Å². The minimum Gasteiger partial charge on any atom is -0.465 e. The fourth-order valence-corrected chi connectivity index (χ4v) is 5.66. The van der Waals surface area contributed by atoms with Gasteiger partial charge in [-0.3, -0.25) is 9.59 Å². The molecule has 0 spiro atoms. The lowest BCUT2D eigenvalue weighted by Crippen LogP contribution is -2.74. The summed E-state index contributed by atoms with van der Waals surface area (Å²) in [7, 11) is 3.97. The molecule has 0 aromatic carbocycles. The van der Waals surface area contributed by atoms with Gasteiger partial charge in [-0.25, -0.2) is 0 Å². The third kappa shape index (κ3) is 11.1. The maximum atomic E-state index is 14.2.